The van der Waals surface area contributed by atoms with Gasteiger partial charge in [0.15, 0.2) is 0 Å². The summed E-state index contributed by atoms with van der Waals surface area (Å²) in [7, 11) is 0. The van der Waals surface area contributed by atoms with E-state index in [0.717, 1.165) is 0 Å². The summed E-state index contributed by atoms with van der Waals surface area (Å²) in [4.78, 5) is 22.7. The van der Waals surface area contributed by atoms with E-state index < -0.39 is 18.0 Å². The van der Waals surface area contributed by atoms with Gasteiger partial charge >= 0.3 is 11.9 Å². The third-order valence-corrected chi connectivity index (χ3v) is 2.71. The second kappa shape index (κ2) is 5.40. The van der Waals surface area contributed by atoms with Crippen molar-refractivity contribution >= 4 is 28.4 Å². The zero-order chi connectivity index (χ0) is 12.1. The Bertz CT molecular complexity index is 367. The molecule has 16 heavy (non-hydrogen) atoms. The number of rotatable bonds is 6. The van der Waals surface area contributed by atoms with Crippen LogP contribution in [0.4, 0.5) is 5.13 Å². The maximum absolute atomic E-state index is 10.8. The van der Waals surface area contributed by atoms with Crippen molar-refractivity contribution in [3.8, 4) is 0 Å². The van der Waals surface area contributed by atoms with Gasteiger partial charge in [0.05, 0.1) is 6.42 Å². The van der Waals surface area contributed by atoms with Gasteiger partial charge in [0.2, 0.25) is 5.13 Å². The van der Waals surface area contributed by atoms with Crippen molar-refractivity contribution in [1.29, 1.82) is 0 Å². The lowest BCUT2D eigenvalue weighted by Crippen LogP contribution is -2.40. The molecule has 0 saturated carbocycles. The molecule has 2 N–H and O–H groups in total. The smallest absolute Gasteiger partial charge is 0.326 e. The number of hydrogen-bond acceptors (Lipinski definition) is 6. The minimum absolute atomic E-state index is 0.0952. The number of anilines is 1. The van der Waals surface area contributed by atoms with Crippen molar-refractivity contribution in [2.45, 2.75) is 19.4 Å². The molecule has 1 heterocycles. The zero-order valence-electron chi connectivity index (χ0n) is 8.53. The van der Waals surface area contributed by atoms with Gasteiger partial charge in [-0.15, -0.1) is 10.2 Å². The average molecular weight is 245 g/mol. The molecular weight excluding hydrogens is 234 g/mol. The lowest BCUT2D eigenvalue weighted by Gasteiger charge is -2.24. The predicted molar refractivity (Wildman–Crippen MR) is 56.6 cm³/mol. The Balaban J connectivity index is 2.77. The van der Waals surface area contributed by atoms with Gasteiger partial charge in [0, 0.05) is 6.54 Å². The SMILES string of the molecule is CC(C(=O)O)N(CCC(=O)O)c1nncs1. The highest BCUT2D eigenvalue weighted by molar-refractivity contribution is 7.13. The van der Waals surface area contributed by atoms with Gasteiger partial charge in [0.1, 0.15) is 11.6 Å². The van der Waals surface area contributed by atoms with E-state index in [2.05, 4.69) is 10.2 Å². The molecule has 0 aliphatic carbocycles. The van der Waals surface area contributed by atoms with Gasteiger partial charge < -0.3 is 15.1 Å². The van der Waals surface area contributed by atoms with Crippen LogP contribution in [-0.2, 0) is 9.59 Å². The summed E-state index contributed by atoms with van der Waals surface area (Å²) in [5.74, 6) is -2.01. The molecular formula is C8H11N3O4S. The normalized spacial score (nSPS) is 12.1. The van der Waals surface area contributed by atoms with E-state index in [0.29, 0.717) is 5.13 Å². The molecule has 1 aromatic heterocycles. The lowest BCUT2D eigenvalue weighted by molar-refractivity contribution is -0.139. The van der Waals surface area contributed by atoms with E-state index in [-0.39, 0.29) is 13.0 Å². The molecule has 7 nitrogen and oxygen atoms in total. The van der Waals surface area contributed by atoms with Crippen LogP contribution in [-0.4, -0.2) is 44.9 Å². The maximum Gasteiger partial charge on any atom is 0.326 e. The summed E-state index contributed by atoms with van der Waals surface area (Å²) in [6, 6.07) is -0.827. The van der Waals surface area contributed by atoms with E-state index in [1.165, 1.54) is 28.7 Å². The van der Waals surface area contributed by atoms with Crippen molar-refractivity contribution in [3.05, 3.63) is 5.51 Å². The summed E-state index contributed by atoms with van der Waals surface area (Å²) in [6.07, 6.45) is -0.142. The van der Waals surface area contributed by atoms with Crippen LogP contribution in [0.3, 0.4) is 0 Å². The molecule has 0 radical (unpaired) electrons. The molecule has 1 unspecified atom stereocenters. The second-order valence-electron chi connectivity index (χ2n) is 3.07. The summed E-state index contributed by atoms with van der Waals surface area (Å²) >= 11 is 1.18. The molecule has 0 aliphatic rings. The van der Waals surface area contributed by atoms with Crippen molar-refractivity contribution < 1.29 is 19.8 Å². The first kappa shape index (κ1) is 12.4. The maximum atomic E-state index is 10.8. The first-order valence-corrected chi connectivity index (χ1v) is 5.37. The van der Waals surface area contributed by atoms with Gasteiger partial charge in [-0.1, -0.05) is 11.3 Å². The van der Waals surface area contributed by atoms with E-state index in [1.807, 2.05) is 0 Å². The minimum atomic E-state index is -1.03. The van der Waals surface area contributed by atoms with Crippen molar-refractivity contribution in [2.75, 3.05) is 11.4 Å². The highest BCUT2D eigenvalue weighted by Crippen LogP contribution is 2.18. The van der Waals surface area contributed by atoms with Gasteiger partial charge in [0.25, 0.3) is 0 Å². The van der Waals surface area contributed by atoms with E-state index in [4.69, 9.17) is 10.2 Å². The molecule has 1 rings (SSSR count). The van der Waals surface area contributed by atoms with Crippen LogP contribution in [0, 0.1) is 0 Å². The number of carboxylic acids is 2. The van der Waals surface area contributed by atoms with Crippen LogP contribution in [0.2, 0.25) is 0 Å². The van der Waals surface area contributed by atoms with Crippen LogP contribution < -0.4 is 4.90 Å². The lowest BCUT2D eigenvalue weighted by atomic mass is 10.3. The molecule has 0 bridgehead atoms. The third-order valence-electron chi connectivity index (χ3n) is 1.99. The van der Waals surface area contributed by atoms with Gasteiger partial charge in [-0.25, -0.2) is 4.79 Å². The topological polar surface area (TPSA) is 104 Å². The Morgan fingerprint density at radius 1 is 1.56 bits per heavy atom. The standard InChI is InChI=1S/C8H11N3O4S/c1-5(7(14)15)11(3-2-6(12)13)8-10-9-4-16-8/h4-5H,2-3H2,1H3,(H,12,13)(H,14,15). The van der Waals surface area contributed by atoms with Crippen LogP contribution in [0.15, 0.2) is 5.51 Å². The van der Waals surface area contributed by atoms with Crippen LogP contribution >= 0.6 is 11.3 Å². The summed E-state index contributed by atoms with van der Waals surface area (Å²) in [6.45, 7) is 1.57. The zero-order valence-corrected chi connectivity index (χ0v) is 9.35. The summed E-state index contributed by atoms with van der Waals surface area (Å²) in [5.41, 5.74) is 1.47. The third kappa shape index (κ3) is 3.16. The fraction of sp³-hybridized carbons (Fsp3) is 0.500. The molecule has 0 spiro atoms. The Hall–Kier alpha value is -1.70. The second-order valence-corrected chi connectivity index (χ2v) is 3.88. The molecule has 88 valence electrons. The van der Waals surface area contributed by atoms with E-state index in [1.54, 1.807) is 0 Å². The fourth-order valence-electron chi connectivity index (χ4n) is 1.10. The molecule has 0 aliphatic heterocycles. The molecule has 1 aromatic rings. The Morgan fingerprint density at radius 3 is 2.69 bits per heavy atom. The van der Waals surface area contributed by atoms with E-state index in [9.17, 15) is 9.59 Å². The van der Waals surface area contributed by atoms with Gasteiger partial charge in [-0.05, 0) is 6.92 Å². The number of carboxylic acid groups (broad SMARTS) is 2. The van der Waals surface area contributed by atoms with E-state index >= 15 is 0 Å². The molecule has 1 atom stereocenters. The van der Waals surface area contributed by atoms with Crippen molar-refractivity contribution in [1.82, 2.24) is 10.2 Å². The Morgan fingerprint density at radius 2 is 2.25 bits per heavy atom. The highest BCUT2D eigenvalue weighted by Gasteiger charge is 2.23. The number of aromatic nitrogens is 2. The van der Waals surface area contributed by atoms with Crippen LogP contribution in [0.5, 0.6) is 0 Å². The van der Waals surface area contributed by atoms with Crippen molar-refractivity contribution in [2.24, 2.45) is 0 Å². The number of carbonyl (C=O) groups is 2. The minimum Gasteiger partial charge on any atom is -0.481 e. The number of hydrogen-bond donors (Lipinski definition) is 2. The molecule has 0 aromatic carbocycles. The molecule has 0 amide bonds. The average Bonchev–Trinajstić information content (AvgIpc) is 2.70. The van der Waals surface area contributed by atoms with Gasteiger partial charge in [-0.2, -0.15) is 0 Å². The predicted octanol–water partition coefficient (Wildman–Crippen LogP) is 0.292. The quantitative estimate of drug-likeness (QED) is 0.742. The number of nitrogens with zero attached hydrogens (tertiary/aromatic N) is 3. The fourth-order valence-corrected chi connectivity index (χ4v) is 1.76. The highest BCUT2D eigenvalue weighted by atomic mass is 32.1. The monoisotopic (exact) mass is 245 g/mol. The molecule has 8 heteroatoms. The molecule has 0 saturated heterocycles. The van der Waals surface area contributed by atoms with Crippen LogP contribution in [0.25, 0.3) is 0 Å². The first-order valence-electron chi connectivity index (χ1n) is 4.49. The largest absolute Gasteiger partial charge is 0.481 e. The summed E-state index contributed by atoms with van der Waals surface area (Å²) in [5, 5.41) is 25.2. The summed E-state index contributed by atoms with van der Waals surface area (Å²) < 4.78 is 0. The van der Waals surface area contributed by atoms with Gasteiger partial charge in [-0.3, -0.25) is 4.79 Å². The van der Waals surface area contributed by atoms with Crippen LogP contribution in [0.1, 0.15) is 13.3 Å². The molecule has 0 fully saturated rings. The number of aliphatic carboxylic acids is 2. The first-order chi connectivity index (χ1) is 7.52. The Labute approximate surface area is 95.3 Å². The van der Waals surface area contributed by atoms with Crippen molar-refractivity contribution in [3.63, 3.8) is 0 Å². The Kier molecular flexibility index (Phi) is 4.18.